The molecule has 0 saturated carbocycles. The fourth-order valence-corrected chi connectivity index (χ4v) is 6.83. The van der Waals surface area contributed by atoms with Crippen LogP contribution < -0.4 is 21.9 Å². The smallest absolute Gasteiger partial charge is 0.281 e. The highest BCUT2D eigenvalue weighted by atomic mass is 16.6. The zero-order chi connectivity index (χ0) is 42.0. The van der Waals surface area contributed by atoms with Crippen LogP contribution in [-0.4, -0.2) is 132 Å². The number of fused-ring (bicyclic) bond motifs is 1. The maximum absolute atomic E-state index is 13.6. The summed E-state index contributed by atoms with van der Waals surface area (Å²) in [6.45, 7) is 7.04. The highest BCUT2D eigenvalue weighted by molar-refractivity contribution is 5.89. The van der Waals surface area contributed by atoms with E-state index < -0.39 is 11.5 Å². The molecule has 3 heterocycles. The van der Waals surface area contributed by atoms with Crippen molar-refractivity contribution >= 4 is 28.8 Å². The number of benzene rings is 2. The number of nitrogens with one attached hydrogen (secondary N) is 2. The zero-order valence-electron chi connectivity index (χ0n) is 34.1. The summed E-state index contributed by atoms with van der Waals surface area (Å²) in [6.07, 6.45) is 2.77. The van der Waals surface area contributed by atoms with Gasteiger partial charge in [-0.15, -0.1) is 0 Å². The number of carbonyl (C=O) groups is 3. The molecule has 1 fully saturated rings. The largest absolute Gasteiger partial charge is 0.388 e. The van der Waals surface area contributed by atoms with E-state index in [-0.39, 0.29) is 54.9 Å². The second-order valence-electron chi connectivity index (χ2n) is 14.8. The van der Waals surface area contributed by atoms with Gasteiger partial charge in [0, 0.05) is 51.6 Å². The van der Waals surface area contributed by atoms with Crippen molar-refractivity contribution < 1.29 is 38.4 Å². The van der Waals surface area contributed by atoms with E-state index in [4.69, 9.17) is 24.7 Å². The van der Waals surface area contributed by atoms with Crippen LogP contribution in [0.2, 0.25) is 0 Å². The molecule has 0 radical (unpaired) electrons. The van der Waals surface area contributed by atoms with E-state index in [0.29, 0.717) is 103 Å². The van der Waals surface area contributed by atoms with Crippen molar-refractivity contribution in [3.05, 3.63) is 82.4 Å². The quantitative estimate of drug-likeness (QED) is 0.0701. The number of primary amides is 1. The van der Waals surface area contributed by atoms with Crippen LogP contribution in [0.5, 0.6) is 0 Å². The van der Waals surface area contributed by atoms with E-state index in [1.807, 2.05) is 61.5 Å². The molecular weight excluding hydrogens is 761 g/mol. The van der Waals surface area contributed by atoms with Crippen molar-refractivity contribution in [3.8, 4) is 11.3 Å². The van der Waals surface area contributed by atoms with Crippen LogP contribution in [0, 0.1) is 0 Å². The lowest BCUT2D eigenvalue weighted by Gasteiger charge is -2.38. The summed E-state index contributed by atoms with van der Waals surface area (Å²) in [7, 11) is 1.77. The number of nitrogens with zero attached hydrogens (tertiary/aromatic N) is 5. The number of nitrogens with two attached hydrogens (primary N) is 1. The Balaban J connectivity index is 0.981. The molecule has 2 aromatic heterocycles. The van der Waals surface area contributed by atoms with E-state index >= 15 is 0 Å². The average Bonchev–Trinajstić information content (AvgIpc) is 3.57. The Morgan fingerprint density at radius 1 is 0.881 bits per heavy atom. The molecule has 17 nitrogen and oxygen atoms in total. The molecule has 1 unspecified atom stereocenters. The number of piperidine rings is 1. The van der Waals surface area contributed by atoms with Crippen LogP contribution in [0.4, 0.5) is 0 Å². The molecule has 0 spiro atoms. The van der Waals surface area contributed by atoms with Crippen molar-refractivity contribution in [3.63, 3.8) is 0 Å². The van der Waals surface area contributed by atoms with E-state index in [0.717, 1.165) is 16.7 Å². The highest BCUT2D eigenvalue weighted by Gasteiger charge is 2.35. The number of aryl methyl sites for hydroxylation is 1. The first-order chi connectivity index (χ1) is 28.5. The Hall–Kier alpha value is -5.04. The summed E-state index contributed by atoms with van der Waals surface area (Å²) in [5.74, 6) is -0.379. The first-order valence-corrected chi connectivity index (χ1v) is 20.2. The van der Waals surface area contributed by atoms with Crippen molar-refractivity contribution in [1.82, 2.24) is 34.9 Å². The minimum absolute atomic E-state index is 0.0607. The summed E-state index contributed by atoms with van der Waals surface area (Å²) in [4.78, 5) is 56.0. The van der Waals surface area contributed by atoms with Crippen molar-refractivity contribution in [1.29, 1.82) is 0 Å². The second kappa shape index (κ2) is 22.9. The van der Waals surface area contributed by atoms with Crippen LogP contribution >= 0.6 is 0 Å². The van der Waals surface area contributed by atoms with Crippen molar-refractivity contribution in [2.24, 2.45) is 12.8 Å². The normalized spacial score (nSPS) is 14.4. The van der Waals surface area contributed by atoms with Gasteiger partial charge in [0.2, 0.25) is 17.7 Å². The van der Waals surface area contributed by atoms with Gasteiger partial charge in [0.25, 0.3) is 5.56 Å². The Kier molecular flexibility index (Phi) is 17.5. The third kappa shape index (κ3) is 14.0. The van der Waals surface area contributed by atoms with Gasteiger partial charge in [0.1, 0.15) is 5.52 Å². The molecule has 59 heavy (non-hydrogen) atoms. The van der Waals surface area contributed by atoms with Gasteiger partial charge in [0.05, 0.1) is 83.6 Å². The second-order valence-corrected chi connectivity index (χ2v) is 14.8. The first-order valence-electron chi connectivity index (χ1n) is 20.2. The molecule has 1 atom stereocenters. The van der Waals surface area contributed by atoms with Gasteiger partial charge < -0.3 is 45.3 Å². The maximum atomic E-state index is 13.6. The predicted octanol–water partition coefficient (Wildman–Crippen LogP) is 1.49. The van der Waals surface area contributed by atoms with Gasteiger partial charge in [-0.3, -0.25) is 28.4 Å². The van der Waals surface area contributed by atoms with Crippen molar-refractivity contribution in [2.75, 3.05) is 79.0 Å². The van der Waals surface area contributed by atoms with E-state index in [1.165, 1.54) is 10.9 Å². The van der Waals surface area contributed by atoms with Gasteiger partial charge in [-0.25, -0.2) is 4.98 Å². The Morgan fingerprint density at radius 3 is 2.15 bits per heavy atom. The lowest BCUT2D eigenvalue weighted by molar-refractivity contribution is -0.136. The summed E-state index contributed by atoms with van der Waals surface area (Å²) in [5, 5.41) is 21.9. The molecule has 17 heteroatoms. The van der Waals surface area contributed by atoms with E-state index in [9.17, 15) is 24.3 Å². The molecule has 1 aliphatic rings. The summed E-state index contributed by atoms with van der Waals surface area (Å²) < 4.78 is 24.6. The number of ether oxygens (including phenoxy) is 4. The average molecular weight is 819 g/mol. The van der Waals surface area contributed by atoms with Crippen LogP contribution in [0.1, 0.15) is 49.7 Å². The van der Waals surface area contributed by atoms with Gasteiger partial charge in [-0.2, -0.15) is 5.10 Å². The number of aliphatic hydroxyl groups is 1. The molecule has 0 aliphatic carbocycles. The molecule has 5 N–H and O–H groups in total. The minimum atomic E-state index is -1.15. The molecule has 320 valence electrons. The molecule has 5 rings (SSSR count). The molecule has 1 aliphatic heterocycles. The predicted molar refractivity (Wildman–Crippen MR) is 220 cm³/mol. The van der Waals surface area contributed by atoms with E-state index in [1.54, 1.807) is 16.6 Å². The zero-order valence-corrected chi connectivity index (χ0v) is 34.1. The third-order valence-electron chi connectivity index (χ3n) is 10.2. The van der Waals surface area contributed by atoms with Gasteiger partial charge in [-0.05, 0) is 29.9 Å². The summed E-state index contributed by atoms with van der Waals surface area (Å²) in [5.41, 5.74) is 7.85. The minimum Gasteiger partial charge on any atom is -0.388 e. The Labute approximate surface area is 344 Å². The lowest BCUT2D eigenvalue weighted by atomic mass is 9.90. The fraction of sp³-hybridized carbons (Fsp3) is 0.524. The highest BCUT2D eigenvalue weighted by Crippen LogP contribution is 2.28. The van der Waals surface area contributed by atoms with Crippen LogP contribution in [0.3, 0.4) is 0 Å². The third-order valence-corrected chi connectivity index (χ3v) is 10.2. The van der Waals surface area contributed by atoms with Gasteiger partial charge in [-0.1, -0.05) is 61.5 Å². The number of hydrogen-bond donors (Lipinski definition) is 4. The Morgan fingerprint density at radius 2 is 1.51 bits per heavy atom. The van der Waals surface area contributed by atoms with Crippen LogP contribution in [-0.2, 0) is 53.5 Å². The fourth-order valence-electron chi connectivity index (χ4n) is 6.83. The summed E-state index contributed by atoms with van der Waals surface area (Å²) >= 11 is 0. The van der Waals surface area contributed by atoms with Crippen LogP contribution in [0.15, 0.2) is 65.7 Å². The summed E-state index contributed by atoms with van der Waals surface area (Å²) in [6, 6.07) is 17.7. The van der Waals surface area contributed by atoms with Gasteiger partial charge >= 0.3 is 0 Å². The first kappa shape index (κ1) is 45.1. The lowest BCUT2D eigenvalue weighted by Crippen LogP contribution is -2.49. The van der Waals surface area contributed by atoms with Gasteiger partial charge in [0.15, 0.2) is 5.52 Å². The number of likely N-dealkylation sites (tertiary alicyclic amines) is 1. The molecule has 2 aromatic carbocycles. The molecule has 3 amide bonds. The molecule has 0 bridgehead atoms. The SMILES string of the molecule is CC(CC(=O)N1CCC(O)(Cn2cnc3c(-c4ccc(CNCC(=O)NCCOCCOCCOCCOCCC(N)=O)cc4)n(C)nc3c2=O)CC1)c1ccccc1. The number of rotatable bonds is 25. The standard InChI is InChI=1S/C42H58N8O9/c1-31(33-6-4-3-5-7-33)26-37(53)49-16-13-42(55,14-17-49)29-50-30-46-38-39(41(50)54)47-48(2)40(38)34-10-8-32(9-11-34)27-44-28-36(52)45-15-19-57-21-23-59-25-24-58-22-20-56-18-12-35(43)51/h3-11,30-31,44,55H,12-29H2,1-2H3,(H2,43,51)(H,45,52). The van der Waals surface area contributed by atoms with Crippen molar-refractivity contribution in [2.45, 2.75) is 57.2 Å². The topological polar surface area (TPSA) is 214 Å². The number of hydrogen-bond acceptors (Lipinski definition) is 12. The maximum Gasteiger partial charge on any atom is 0.281 e. The van der Waals surface area contributed by atoms with Crippen LogP contribution in [0.25, 0.3) is 22.3 Å². The number of amides is 3. The molecular formula is C42H58N8O9. The van der Waals surface area contributed by atoms with E-state index in [2.05, 4.69) is 20.7 Å². The molecule has 1 saturated heterocycles. The number of aromatic nitrogens is 4. The monoisotopic (exact) mass is 818 g/mol. The molecule has 4 aromatic rings. The Bertz CT molecular complexity index is 2000. The number of carbonyl (C=O) groups excluding carboxylic acids is 3.